The Hall–Kier alpha value is -1.16. The second-order valence-electron chi connectivity index (χ2n) is 3.78. The van der Waals surface area contributed by atoms with Gasteiger partial charge in [-0.05, 0) is 35.4 Å². The molecule has 2 aromatic rings. The number of halogens is 4. The first kappa shape index (κ1) is 13.3. The smallest absolute Gasteiger partial charge is 0.126 e. The van der Waals surface area contributed by atoms with Crippen LogP contribution < -0.4 is 0 Å². The van der Waals surface area contributed by atoms with Crippen LogP contribution in [0, 0.1) is 11.6 Å². The van der Waals surface area contributed by atoms with Gasteiger partial charge in [-0.2, -0.15) is 0 Å². The van der Waals surface area contributed by atoms with Crippen molar-refractivity contribution in [3.63, 3.8) is 0 Å². The SMILES string of the molecule is OC(c1cc(F)cc(F)c1)c1ccc(Cl)c(Cl)c1. The van der Waals surface area contributed by atoms with Crippen molar-refractivity contribution in [2.24, 2.45) is 0 Å². The molecule has 1 atom stereocenters. The van der Waals surface area contributed by atoms with E-state index in [0.717, 1.165) is 18.2 Å². The summed E-state index contributed by atoms with van der Waals surface area (Å²) in [7, 11) is 0. The van der Waals surface area contributed by atoms with E-state index in [1.165, 1.54) is 12.1 Å². The summed E-state index contributed by atoms with van der Waals surface area (Å²) in [4.78, 5) is 0. The van der Waals surface area contributed by atoms with Crippen LogP contribution in [0.1, 0.15) is 17.2 Å². The number of aliphatic hydroxyl groups is 1. The lowest BCUT2D eigenvalue weighted by Crippen LogP contribution is -2.01. The maximum absolute atomic E-state index is 13.0. The highest BCUT2D eigenvalue weighted by Crippen LogP contribution is 2.29. The van der Waals surface area contributed by atoms with Gasteiger partial charge in [-0.3, -0.25) is 0 Å². The van der Waals surface area contributed by atoms with Gasteiger partial charge in [-0.25, -0.2) is 8.78 Å². The maximum Gasteiger partial charge on any atom is 0.126 e. The summed E-state index contributed by atoms with van der Waals surface area (Å²) in [5, 5.41) is 10.6. The molecule has 0 aliphatic carbocycles. The number of benzene rings is 2. The average Bonchev–Trinajstić information content (AvgIpc) is 2.30. The quantitative estimate of drug-likeness (QED) is 0.871. The Labute approximate surface area is 113 Å². The van der Waals surface area contributed by atoms with Crippen LogP contribution in [-0.2, 0) is 0 Å². The first-order valence-corrected chi connectivity index (χ1v) is 5.82. The second-order valence-corrected chi connectivity index (χ2v) is 4.59. The number of rotatable bonds is 2. The zero-order valence-corrected chi connectivity index (χ0v) is 10.5. The van der Waals surface area contributed by atoms with Gasteiger partial charge in [0.25, 0.3) is 0 Å². The third-order valence-electron chi connectivity index (χ3n) is 2.46. The fourth-order valence-corrected chi connectivity index (χ4v) is 1.91. The van der Waals surface area contributed by atoms with E-state index in [9.17, 15) is 13.9 Å². The lowest BCUT2D eigenvalue weighted by atomic mass is 10.0. The predicted molar refractivity (Wildman–Crippen MR) is 66.9 cm³/mol. The van der Waals surface area contributed by atoms with E-state index in [1.54, 1.807) is 6.07 Å². The van der Waals surface area contributed by atoms with Crippen LogP contribution >= 0.6 is 23.2 Å². The molecule has 0 saturated carbocycles. The molecule has 0 saturated heterocycles. The Bertz CT molecular complexity index is 567. The van der Waals surface area contributed by atoms with Gasteiger partial charge in [0.05, 0.1) is 10.0 Å². The van der Waals surface area contributed by atoms with Gasteiger partial charge in [0.15, 0.2) is 0 Å². The van der Waals surface area contributed by atoms with Gasteiger partial charge in [0.2, 0.25) is 0 Å². The number of hydrogen-bond donors (Lipinski definition) is 1. The third-order valence-corrected chi connectivity index (χ3v) is 3.20. The zero-order chi connectivity index (χ0) is 13.3. The van der Waals surface area contributed by atoms with Crippen molar-refractivity contribution in [2.45, 2.75) is 6.10 Å². The van der Waals surface area contributed by atoms with Crippen molar-refractivity contribution in [1.29, 1.82) is 0 Å². The fourth-order valence-electron chi connectivity index (χ4n) is 1.61. The first-order chi connectivity index (χ1) is 8.47. The van der Waals surface area contributed by atoms with Crippen molar-refractivity contribution in [2.75, 3.05) is 0 Å². The molecule has 1 N–H and O–H groups in total. The molecule has 0 fully saturated rings. The Morgan fingerprint density at radius 3 is 2.00 bits per heavy atom. The molecule has 0 aromatic heterocycles. The summed E-state index contributed by atoms with van der Waals surface area (Å²) in [6.07, 6.45) is -1.16. The van der Waals surface area contributed by atoms with Crippen molar-refractivity contribution in [3.05, 3.63) is 69.2 Å². The Morgan fingerprint density at radius 2 is 1.44 bits per heavy atom. The zero-order valence-electron chi connectivity index (χ0n) is 9.00. The normalized spacial score (nSPS) is 12.5. The van der Waals surface area contributed by atoms with E-state index in [2.05, 4.69) is 0 Å². The van der Waals surface area contributed by atoms with E-state index in [1.807, 2.05) is 0 Å². The molecule has 1 nitrogen and oxygen atoms in total. The predicted octanol–water partition coefficient (Wildman–Crippen LogP) is 4.35. The van der Waals surface area contributed by atoms with Crippen molar-refractivity contribution in [3.8, 4) is 0 Å². The van der Waals surface area contributed by atoms with Crippen LogP contribution in [0.2, 0.25) is 10.0 Å². The van der Waals surface area contributed by atoms with Gasteiger partial charge in [0.1, 0.15) is 17.7 Å². The first-order valence-electron chi connectivity index (χ1n) is 5.06. The minimum absolute atomic E-state index is 0.117. The van der Waals surface area contributed by atoms with Crippen LogP contribution in [0.25, 0.3) is 0 Å². The van der Waals surface area contributed by atoms with Gasteiger partial charge >= 0.3 is 0 Å². The highest BCUT2D eigenvalue weighted by atomic mass is 35.5. The number of hydrogen-bond acceptors (Lipinski definition) is 1. The molecule has 2 rings (SSSR count). The van der Waals surface area contributed by atoms with E-state index in [4.69, 9.17) is 23.2 Å². The molecule has 94 valence electrons. The average molecular weight is 289 g/mol. The second kappa shape index (κ2) is 5.22. The van der Waals surface area contributed by atoms with Crippen LogP contribution in [0.5, 0.6) is 0 Å². The molecule has 2 aromatic carbocycles. The van der Waals surface area contributed by atoms with Gasteiger partial charge in [0, 0.05) is 6.07 Å². The Balaban J connectivity index is 2.40. The topological polar surface area (TPSA) is 20.2 Å². The van der Waals surface area contributed by atoms with Crippen LogP contribution in [-0.4, -0.2) is 5.11 Å². The largest absolute Gasteiger partial charge is 0.384 e. The maximum atomic E-state index is 13.0. The molecule has 5 heteroatoms. The Kier molecular flexibility index (Phi) is 3.85. The molecule has 0 bridgehead atoms. The van der Waals surface area contributed by atoms with Crippen molar-refractivity contribution < 1.29 is 13.9 Å². The Morgan fingerprint density at radius 1 is 0.833 bits per heavy atom. The van der Waals surface area contributed by atoms with E-state index in [-0.39, 0.29) is 10.6 Å². The van der Waals surface area contributed by atoms with Gasteiger partial charge in [-0.1, -0.05) is 29.3 Å². The summed E-state index contributed by atoms with van der Waals surface area (Å²) >= 11 is 11.6. The summed E-state index contributed by atoms with van der Waals surface area (Å²) in [5.74, 6) is -1.49. The molecule has 0 spiro atoms. The summed E-state index contributed by atoms with van der Waals surface area (Å²) < 4.78 is 26.1. The van der Waals surface area contributed by atoms with Gasteiger partial charge < -0.3 is 5.11 Å². The molecule has 0 aliphatic rings. The molecule has 0 heterocycles. The molecule has 0 radical (unpaired) electrons. The summed E-state index contributed by atoms with van der Waals surface area (Å²) in [6.45, 7) is 0. The van der Waals surface area contributed by atoms with Crippen molar-refractivity contribution >= 4 is 23.2 Å². The van der Waals surface area contributed by atoms with Crippen LogP contribution in [0.4, 0.5) is 8.78 Å². The monoisotopic (exact) mass is 288 g/mol. The molecule has 18 heavy (non-hydrogen) atoms. The molecule has 0 amide bonds. The lowest BCUT2D eigenvalue weighted by Gasteiger charge is -2.12. The van der Waals surface area contributed by atoms with E-state index in [0.29, 0.717) is 10.6 Å². The van der Waals surface area contributed by atoms with Gasteiger partial charge in [-0.15, -0.1) is 0 Å². The molecular weight excluding hydrogens is 281 g/mol. The summed E-state index contributed by atoms with van der Waals surface area (Å²) in [6, 6.07) is 7.38. The highest BCUT2D eigenvalue weighted by Gasteiger charge is 2.14. The highest BCUT2D eigenvalue weighted by molar-refractivity contribution is 6.42. The lowest BCUT2D eigenvalue weighted by molar-refractivity contribution is 0.219. The molecule has 1 unspecified atom stereocenters. The van der Waals surface area contributed by atoms with E-state index >= 15 is 0 Å². The van der Waals surface area contributed by atoms with Crippen LogP contribution in [0.15, 0.2) is 36.4 Å². The third kappa shape index (κ3) is 2.80. The van der Waals surface area contributed by atoms with E-state index < -0.39 is 17.7 Å². The minimum Gasteiger partial charge on any atom is -0.384 e. The van der Waals surface area contributed by atoms with Crippen LogP contribution in [0.3, 0.4) is 0 Å². The standard InChI is InChI=1S/C13H8Cl2F2O/c14-11-2-1-7(5-12(11)15)13(18)8-3-9(16)6-10(17)4-8/h1-6,13,18H. The minimum atomic E-state index is -1.16. The number of aliphatic hydroxyl groups excluding tert-OH is 1. The molecule has 0 aliphatic heterocycles. The van der Waals surface area contributed by atoms with Crippen molar-refractivity contribution in [1.82, 2.24) is 0 Å². The molecular formula is C13H8Cl2F2O. The summed E-state index contributed by atoms with van der Waals surface area (Å²) in [5.41, 5.74) is 0.528. The fraction of sp³-hybridized carbons (Fsp3) is 0.0769.